The van der Waals surface area contributed by atoms with E-state index in [1.54, 1.807) is 0 Å². The number of piperidine rings is 1. The van der Waals surface area contributed by atoms with Gasteiger partial charge in [-0.3, -0.25) is 4.90 Å². The molecule has 0 spiro atoms. The molecule has 5 atom stereocenters. The van der Waals surface area contributed by atoms with Crippen molar-refractivity contribution in [2.75, 3.05) is 19.6 Å². The molecule has 1 heterocycles. The van der Waals surface area contributed by atoms with Crippen molar-refractivity contribution in [1.29, 1.82) is 0 Å². The van der Waals surface area contributed by atoms with Gasteiger partial charge in [-0.05, 0) is 50.1 Å². The van der Waals surface area contributed by atoms with E-state index >= 15 is 0 Å². The first-order chi connectivity index (χ1) is 9.13. The number of likely N-dealkylation sites (tertiary alicyclic amines) is 1. The van der Waals surface area contributed by atoms with Crippen LogP contribution in [0.5, 0.6) is 0 Å². The fraction of sp³-hybridized carbons (Fsp3) is 1.00. The molecule has 112 valence electrons. The number of nitrogens with one attached hydrogen (secondary N) is 1. The summed E-state index contributed by atoms with van der Waals surface area (Å²) in [5, 5.41) is 3.74. The van der Waals surface area contributed by atoms with Crippen LogP contribution in [0.1, 0.15) is 59.8 Å². The van der Waals surface area contributed by atoms with Crippen molar-refractivity contribution in [3.8, 4) is 0 Å². The number of rotatable bonds is 4. The normalized spacial score (nSPS) is 41.4. The standard InChI is InChI=1S/C17H34N2/c1-5-10-18-16-9-11-19(12-14(16)3)17-8-6-7-13(2)15(17)4/h13-18H,5-12H2,1-4H3. The summed E-state index contributed by atoms with van der Waals surface area (Å²) in [5.74, 6) is 2.62. The summed E-state index contributed by atoms with van der Waals surface area (Å²) in [6.45, 7) is 13.5. The summed E-state index contributed by atoms with van der Waals surface area (Å²) in [6.07, 6.45) is 6.93. The Labute approximate surface area is 120 Å². The maximum absolute atomic E-state index is 3.74. The van der Waals surface area contributed by atoms with E-state index in [4.69, 9.17) is 0 Å². The van der Waals surface area contributed by atoms with Crippen molar-refractivity contribution < 1.29 is 0 Å². The highest BCUT2D eigenvalue weighted by molar-refractivity contribution is 4.90. The lowest BCUT2D eigenvalue weighted by Gasteiger charge is -2.46. The lowest BCUT2D eigenvalue weighted by molar-refractivity contribution is 0.0379. The van der Waals surface area contributed by atoms with E-state index in [1.165, 1.54) is 51.7 Å². The van der Waals surface area contributed by atoms with E-state index in [0.717, 1.165) is 29.8 Å². The monoisotopic (exact) mass is 266 g/mol. The van der Waals surface area contributed by atoms with E-state index in [-0.39, 0.29) is 0 Å². The summed E-state index contributed by atoms with van der Waals surface area (Å²) in [5.41, 5.74) is 0. The highest BCUT2D eigenvalue weighted by Gasteiger charge is 2.35. The van der Waals surface area contributed by atoms with Gasteiger partial charge in [0, 0.05) is 18.6 Å². The molecule has 2 fully saturated rings. The number of hydrogen-bond acceptors (Lipinski definition) is 2. The Hall–Kier alpha value is -0.0800. The van der Waals surface area contributed by atoms with Crippen molar-refractivity contribution >= 4 is 0 Å². The first-order valence-electron chi connectivity index (χ1n) is 8.61. The molecular formula is C17H34N2. The zero-order valence-corrected chi connectivity index (χ0v) is 13.5. The molecule has 1 N–H and O–H groups in total. The third-order valence-corrected chi connectivity index (χ3v) is 5.73. The third-order valence-electron chi connectivity index (χ3n) is 5.73. The Balaban J connectivity index is 1.86. The Morgan fingerprint density at radius 1 is 1.05 bits per heavy atom. The van der Waals surface area contributed by atoms with Gasteiger partial charge in [-0.15, -0.1) is 0 Å². The molecule has 0 radical (unpaired) electrons. The van der Waals surface area contributed by atoms with Crippen molar-refractivity contribution in [2.24, 2.45) is 17.8 Å². The van der Waals surface area contributed by atoms with Crippen molar-refractivity contribution in [2.45, 2.75) is 71.9 Å². The largest absolute Gasteiger partial charge is 0.314 e. The fourth-order valence-corrected chi connectivity index (χ4v) is 4.18. The van der Waals surface area contributed by atoms with Crippen LogP contribution in [0.25, 0.3) is 0 Å². The van der Waals surface area contributed by atoms with Gasteiger partial charge in [-0.2, -0.15) is 0 Å². The molecule has 1 aliphatic carbocycles. The zero-order chi connectivity index (χ0) is 13.8. The Bertz CT molecular complexity index is 266. The molecule has 2 nitrogen and oxygen atoms in total. The summed E-state index contributed by atoms with van der Waals surface area (Å²) >= 11 is 0. The number of nitrogens with zero attached hydrogens (tertiary/aromatic N) is 1. The first-order valence-corrected chi connectivity index (χ1v) is 8.61. The minimum Gasteiger partial charge on any atom is -0.314 e. The zero-order valence-electron chi connectivity index (χ0n) is 13.5. The van der Waals surface area contributed by atoms with Crippen molar-refractivity contribution in [1.82, 2.24) is 10.2 Å². The summed E-state index contributed by atoms with van der Waals surface area (Å²) in [4.78, 5) is 2.81. The molecule has 1 saturated carbocycles. The minimum absolute atomic E-state index is 0.757. The highest BCUT2D eigenvalue weighted by Crippen LogP contribution is 2.34. The Kier molecular flexibility index (Phi) is 5.70. The lowest BCUT2D eigenvalue weighted by atomic mass is 9.76. The van der Waals surface area contributed by atoms with Crippen LogP contribution in [0.3, 0.4) is 0 Å². The molecule has 2 heteroatoms. The van der Waals surface area contributed by atoms with Crippen molar-refractivity contribution in [3.63, 3.8) is 0 Å². The summed E-state index contributed by atoms with van der Waals surface area (Å²) < 4.78 is 0. The van der Waals surface area contributed by atoms with Gasteiger partial charge in [-0.1, -0.05) is 40.5 Å². The second-order valence-electron chi connectivity index (χ2n) is 7.16. The van der Waals surface area contributed by atoms with E-state index in [1.807, 2.05) is 0 Å². The molecule has 1 aliphatic heterocycles. The van der Waals surface area contributed by atoms with E-state index in [2.05, 4.69) is 37.9 Å². The molecule has 1 saturated heterocycles. The van der Waals surface area contributed by atoms with Gasteiger partial charge in [0.05, 0.1) is 0 Å². The lowest BCUT2D eigenvalue weighted by Crippen LogP contribution is -2.54. The predicted octanol–water partition coefficient (Wildman–Crippen LogP) is 3.52. The molecule has 19 heavy (non-hydrogen) atoms. The number of hydrogen-bond donors (Lipinski definition) is 1. The molecule has 0 aromatic rings. The van der Waals surface area contributed by atoms with E-state index < -0.39 is 0 Å². The fourth-order valence-electron chi connectivity index (χ4n) is 4.18. The second-order valence-corrected chi connectivity index (χ2v) is 7.16. The topological polar surface area (TPSA) is 15.3 Å². The predicted molar refractivity (Wildman–Crippen MR) is 83.4 cm³/mol. The van der Waals surface area contributed by atoms with E-state index in [0.29, 0.717) is 0 Å². The quantitative estimate of drug-likeness (QED) is 0.837. The SMILES string of the molecule is CCCNC1CCN(C2CCCC(C)C2C)CC1C. The maximum Gasteiger partial charge on any atom is 0.0124 e. The molecule has 0 aromatic carbocycles. The van der Waals surface area contributed by atoms with Crippen LogP contribution in [-0.2, 0) is 0 Å². The molecule has 0 bridgehead atoms. The van der Waals surface area contributed by atoms with Gasteiger partial charge in [-0.25, -0.2) is 0 Å². The molecule has 5 unspecified atom stereocenters. The Morgan fingerprint density at radius 2 is 1.84 bits per heavy atom. The first kappa shape index (κ1) is 15.3. The smallest absolute Gasteiger partial charge is 0.0124 e. The van der Waals surface area contributed by atoms with Crippen LogP contribution >= 0.6 is 0 Å². The van der Waals surface area contributed by atoms with Gasteiger partial charge < -0.3 is 5.32 Å². The maximum atomic E-state index is 3.74. The van der Waals surface area contributed by atoms with Gasteiger partial charge >= 0.3 is 0 Å². The van der Waals surface area contributed by atoms with Gasteiger partial charge in [0.15, 0.2) is 0 Å². The highest BCUT2D eigenvalue weighted by atomic mass is 15.2. The second kappa shape index (κ2) is 7.08. The van der Waals surface area contributed by atoms with Crippen LogP contribution in [0.4, 0.5) is 0 Å². The average molecular weight is 266 g/mol. The van der Waals surface area contributed by atoms with Crippen molar-refractivity contribution in [3.05, 3.63) is 0 Å². The van der Waals surface area contributed by atoms with Crippen LogP contribution in [0.15, 0.2) is 0 Å². The molecule has 2 rings (SSSR count). The molecule has 0 amide bonds. The van der Waals surface area contributed by atoms with Crippen LogP contribution < -0.4 is 5.32 Å². The van der Waals surface area contributed by atoms with E-state index in [9.17, 15) is 0 Å². The van der Waals surface area contributed by atoms with Crippen LogP contribution in [0.2, 0.25) is 0 Å². The summed E-state index contributed by atoms with van der Waals surface area (Å²) in [7, 11) is 0. The molecule has 2 aliphatic rings. The van der Waals surface area contributed by atoms with Crippen LogP contribution in [0, 0.1) is 17.8 Å². The van der Waals surface area contributed by atoms with Gasteiger partial charge in [0.1, 0.15) is 0 Å². The van der Waals surface area contributed by atoms with Gasteiger partial charge in [0.2, 0.25) is 0 Å². The molecular weight excluding hydrogens is 232 g/mol. The average Bonchev–Trinajstić information content (AvgIpc) is 2.40. The summed E-state index contributed by atoms with van der Waals surface area (Å²) in [6, 6.07) is 1.62. The Morgan fingerprint density at radius 3 is 2.53 bits per heavy atom. The minimum atomic E-state index is 0.757. The van der Waals surface area contributed by atoms with Crippen LogP contribution in [-0.4, -0.2) is 36.6 Å². The molecule has 0 aromatic heterocycles. The third kappa shape index (κ3) is 3.72. The van der Waals surface area contributed by atoms with Gasteiger partial charge in [0.25, 0.3) is 0 Å².